The summed E-state index contributed by atoms with van der Waals surface area (Å²) in [5.74, 6) is 1.95. The molecule has 0 aromatic heterocycles. The first kappa shape index (κ1) is 11.0. The van der Waals surface area contributed by atoms with Crippen molar-refractivity contribution < 1.29 is 0 Å². The van der Waals surface area contributed by atoms with Gasteiger partial charge in [0.05, 0.1) is 0 Å². The van der Waals surface area contributed by atoms with Gasteiger partial charge in [-0.3, -0.25) is 4.90 Å². The number of fused-ring (bicyclic) bond motifs is 1. The fourth-order valence-electron chi connectivity index (χ4n) is 3.99. The highest BCUT2D eigenvalue weighted by Gasteiger charge is 2.38. The number of nitrogens with zero attached hydrogens (tertiary/aromatic N) is 1. The second-order valence-corrected chi connectivity index (χ2v) is 6.13. The summed E-state index contributed by atoms with van der Waals surface area (Å²) < 4.78 is 0. The van der Waals surface area contributed by atoms with Gasteiger partial charge < -0.3 is 5.32 Å². The second kappa shape index (κ2) is 5.05. The topological polar surface area (TPSA) is 15.3 Å². The van der Waals surface area contributed by atoms with E-state index in [0.29, 0.717) is 0 Å². The molecule has 2 aliphatic heterocycles. The predicted molar refractivity (Wildman–Crippen MR) is 67.5 cm³/mol. The standard InChI is InChI=1S/C14H26N2/c1-2-4-6-14(7-5-3-1)16-10-12-8-15-9-13(12)11-16/h12-15H,1-11H2. The van der Waals surface area contributed by atoms with Crippen LogP contribution in [0.15, 0.2) is 0 Å². The van der Waals surface area contributed by atoms with Gasteiger partial charge in [-0.1, -0.05) is 32.1 Å². The Morgan fingerprint density at radius 2 is 1.31 bits per heavy atom. The highest BCUT2D eigenvalue weighted by atomic mass is 15.2. The number of nitrogens with one attached hydrogen (secondary N) is 1. The number of likely N-dealkylation sites (tertiary alicyclic amines) is 1. The summed E-state index contributed by atoms with van der Waals surface area (Å²) in [7, 11) is 0. The van der Waals surface area contributed by atoms with E-state index in [-0.39, 0.29) is 0 Å². The van der Waals surface area contributed by atoms with E-state index in [9.17, 15) is 0 Å². The van der Waals surface area contributed by atoms with E-state index in [1.165, 1.54) is 71.1 Å². The highest BCUT2D eigenvalue weighted by molar-refractivity contribution is 4.93. The van der Waals surface area contributed by atoms with Gasteiger partial charge in [-0.05, 0) is 37.8 Å². The Balaban J connectivity index is 1.55. The van der Waals surface area contributed by atoms with Crippen molar-refractivity contribution in [1.82, 2.24) is 10.2 Å². The summed E-state index contributed by atoms with van der Waals surface area (Å²) in [5.41, 5.74) is 0. The Hall–Kier alpha value is -0.0800. The zero-order chi connectivity index (χ0) is 10.8. The maximum absolute atomic E-state index is 3.54. The van der Waals surface area contributed by atoms with Crippen molar-refractivity contribution in [3.8, 4) is 0 Å². The van der Waals surface area contributed by atoms with Crippen LogP contribution in [-0.4, -0.2) is 37.1 Å². The molecule has 1 aliphatic carbocycles. The van der Waals surface area contributed by atoms with Crippen molar-refractivity contribution in [2.24, 2.45) is 11.8 Å². The molecule has 0 aromatic rings. The van der Waals surface area contributed by atoms with Crippen molar-refractivity contribution in [2.45, 2.75) is 51.0 Å². The van der Waals surface area contributed by atoms with Gasteiger partial charge in [0.25, 0.3) is 0 Å². The lowest BCUT2D eigenvalue weighted by atomic mass is 9.96. The summed E-state index contributed by atoms with van der Waals surface area (Å²) >= 11 is 0. The molecule has 1 N–H and O–H groups in total. The van der Waals surface area contributed by atoms with Crippen molar-refractivity contribution in [3.63, 3.8) is 0 Å². The minimum absolute atomic E-state index is 0.936. The first-order valence-corrected chi connectivity index (χ1v) is 7.38. The van der Waals surface area contributed by atoms with Gasteiger partial charge in [0.1, 0.15) is 0 Å². The van der Waals surface area contributed by atoms with Gasteiger partial charge in [0, 0.05) is 19.1 Å². The molecule has 2 saturated heterocycles. The number of rotatable bonds is 1. The molecule has 0 amide bonds. The van der Waals surface area contributed by atoms with E-state index in [0.717, 1.165) is 17.9 Å². The normalized spacial score (nSPS) is 38.2. The molecule has 2 atom stereocenters. The van der Waals surface area contributed by atoms with Crippen LogP contribution in [0.5, 0.6) is 0 Å². The lowest BCUT2D eigenvalue weighted by molar-refractivity contribution is 0.190. The average Bonchev–Trinajstić information content (AvgIpc) is 2.76. The lowest BCUT2D eigenvalue weighted by Crippen LogP contribution is -2.36. The van der Waals surface area contributed by atoms with E-state index in [2.05, 4.69) is 10.2 Å². The van der Waals surface area contributed by atoms with Crippen molar-refractivity contribution >= 4 is 0 Å². The fraction of sp³-hybridized carbons (Fsp3) is 1.00. The smallest absolute Gasteiger partial charge is 0.00955 e. The second-order valence-electron chi connectivity index (χ2n) is 6.13. The summed E-state index contributed by atoms with van der Waals surface area (Å²) in [5, 5.41) is 3.54. The Bertz CT molecular complexity index is 209. The molecule has 0 spiro atoms. The SMILES string of the molecule is C1CCCC(N2CC3CNCC3C2)CCC1. The van der Waals surface area contributed by atoms with Gasteiger partial charge in [-0.25, -0.2) is 0 Å². The third-order valence-corrected chi connectivity index (χ3v) is 5.01. The van der Waals surface area contributed by atoms with Crippen LogP contribution >= 0.6 is 0 Å². The monoisotopic (exact) mass is 222 g/mol. The molecule has 3 fully saturated rings. The fourth-order valence-corrected chi connectivity index (χ4v) is 3.99. The van der Waals surface area contributed by atoms with E-state index < -0.39 is 0 Å². The van der Waals surface area contributed by atoms with Crippen LogP contribution in [0.3, 0.4) is 0 Å². The molecule has 2 heteroatoms. The molecular weight excluding hydrogens is 196 g/mol. The van der Waals surface area contributed by atoms with Gasteiger partial charge >= 0.3 is 0 Å². The average molecular weight is 222 g/mol. The number of hydrogen-bond donors (Lipinski definition) is 1. The molecular formula is C14H26N2. The molecule has 3 rings (SSSR count). The zero-order valence-corrected chi connectivity index (χ0v) is 10.5. The zero-order valence-electron chi connectivity index (χ0n) is 10.5. The Kier molecular flexibility index (Phi) is 3.49. The van der Waals surface area contributed by atoms with Crippen LogP contribution in [0.4, 0.5) is 0 Å². The van der Waals surface area contributed by atoms with Crippen LogP contribution in [0.25, 0.3) is 0 Å². The van der Waals surface area contributed by atoms with Crippen molar-refractivity contribution in [1.29, 1.82) is 0 Å². The molecule has 0 bridgehead atoms. The number of hydrogen-bond acceptors (Lipinski definition) is 2. The lowest BCUT2D eigenvalue weighted by Gasteiger charge is -2.30. The molecule has 16 heavy (non-hydrogen) atoms. The quantitative estimate of drug-likeness (QED) is 0.732. The van der Waals surface area contributed by atoms with Gasteiger partial charge in [0.15, 0.2) is 0 Å². The first-order chi connectivity index (χ1) is 7.93. The van der Waals surface area contributed by atoms with Gasteiger partial charge in [0.2, 0.25) is 0 Å². The molecule has 3 aliphatic rings. The third kappa shape index (κ3) is 2.28. The largest absolute Gasteiger partial charge is 0.316 e. The van der Waals surface area contributed by atoms with E-state index >= 15 is 0 Å². The summed E-state index contributed by atoms with van der Waals surface area (Å²) in [6.07, 6.45) is 10.4. The van der Waals surface area contributed by atoms with Gasteiger partial charge in [-0.15, -0.1) is 0 Å². The maximum atomic E-state index is 3.54. The highest BCUT2D eigenvalue weighted by Crippen LogP contribution is 2.31. The molecule has 92 valence electrons. The molecule has 2 nitrogen and oxygen atoms in total. The maximum Gasteiger partial charge on any atom is 0.00955 e. The minimum atomic E-state index is 0.936. The summed E-state index contributed by atoms with van der Waals surface area (Å²) in [6, 6.07) is 0.936. The van der Waals surface area contributed by atoms with Gasteiger partial charge in [-0.2, -0.15) is 0 Å². The summed E-state index contributed by atoms with van der Waals surface area (Å²) in [4.78, 5) is 2.83. The van der Waals surface area contributed by atoms with Crippen LogP contribution in [0.2, 0.25) is 0 Å². The van der Waals surface area contributed by atoms with E-state index in [4.69, 9.17) is 0 Å². The van der Waals surface area contributed by atoms with Crippen LogP contribution in [-0.2, 0) is 0 Å². The van der Waals surface area contributed by atoms with Crippen molar-refractivity contribution in [3.05, 3.63) is 0 Å². The Morgan fingerprint density at radius 3 is 1.94 bits per heavy atom. The summed E-state index contributed by atoms with van der Waals surface area (Å²) in [6.45, 7) is 5.35. The minimum Gasteiger partial charge on any atom is -0.316 e. The Morgan fingerprint density at radius 1 is 0.750 bits per heavy atom. The molecule has 2 heterocycles. The van der Waals surface area contributed by atoms with Crippen LogP contribution < -0.4 is 5.32 Å². The van der Waals surface area contributed by atoms with Crippen molar-refractivity contribution in [2.75, 3.05) is 26.2 Å². The predicted octanol–water partition coefficient (Wildman–Crippen LogP) is 2.25. The molecule has 2 unspecified atom stereocenters. The molecule has 0 aromatic carbocycles. The Labute approximate surface area is 99.8 Å². The van der Waals surface area contributed by atoms with Crippen LogP contribution in [0, 0.1) is 11.8 Å². The van der Waals surface area contributed by atoms with Crippen LogP contribution in [0.1, 0.15) is 44.9 Å². The molecule has 0 radical (unpaired) electrons. The van der Waals surface area contributed by atoms with E-state index in [1.807, 2.05) is 0 Å². The van der Waals surface area contributed by atoms with E-state index in [1.54, 1.807) is 0 Å². The molecule has 1 saturated carbocycles. The first-order valence-electron chi connectivity index (χ1n) is 7.38. The third-order valence-electron chi connectivity index (χ3n) is 5.01.